The quantitative estimate of drug-likeness (QED) is 0.842. The molecular weight excluding hydrogens is 261 g/mol. The summed E-state index contributed by atoms with van der Waals surface area (Å²) < 4.78 is 13.1. The Balaban J connectivity index is 2.64. The number of hydrogen-bond donors (Lipinski definition) is 2. The third kappa shape index (κ3) is 4.64. The van der Waals surface area contributed by atoms with Gasteiger partial charge in [0.05, 0.1) is 0 Å². The number of amides is 1. The summed E-state index contributed by atoms with van der Waals surface area (Å²) in [5.74, 6) is -2.11. The van der Waals surface area contributed by atoms with E-state index in [-0.39, 0.29) is 30.0 Å². The molecule has 0 aromatic heterocycles. The molecule has 0 fully saturated rings. The average Bonchev–Trinajstić information content (AvgIpc) is 2.35. The Kier molecular flexibility index (Phi) is 5.67. The summed E-state index contributed by atoms with van der Waals surface area (Å²) in [6, 6.07) is 5.16. The Morgan fingerprint density at radius 1 is 1.30 bits per heavy atom. The fourth-order valence-corrected chi connectivity index (χ4v) is 1.95. The van der Waals surface area contributed by atoms with Gasteiger partial charge < -0.3 is 10.4 Å². The van der Waals surface area contributed by atoms with Crippen LogP contribution >= 0.6 is 0 Å². The van der Waals surface area contributed by atoms with Gasteiger partial charge in [0.15, 0.2) is 0 Å². The van der Waals surface area contributed by atoms with Crippen LogP contribution in [0.15, 0.2) is 24.3 Å². The largest absolute Gasteiger partial charge is 0.480 e. The lowest BCUT2D eigenvalue weighted by molar-refractivity contribution is -0.143. The molecule has 0 saturated heterocycles. The molecule has 0 spiro atoms. The minimum absolute atomic E-state index is 0.125. The van der Waals surface area contributed by atoms with Crippen molar-refractivity contribution in [2.45, 2.75) is 39.2 Å². The molecule has 0 aliphatic heterocycles. The molecule has 110 valence electrons. The summed E-state index contributed by atoms with van der Waals surface area (Å²) in [4.78, 5) is 22.9. The number of halogens is 1. The van der Waals surface area contributed by atoms with Gasteiger partial charge in [0.25, 0.3) is 0 Å². The number of carboxylic acids is 1. The second kappa shape index (κ2) is 7.03. The zero-order valence-corrected chi connectivity index (χ0v) is 11.9. The van der Waals surface area contributed by atoms with Gasteiger partial charge in [-0.1, -0.05) is 32.9 Å². The van der Waals surface area contributed by atoms with E-state index in [1.54, 1.807) is 32.9 Å². The molecule has 5 heteroatoms. The van der Waals surface area contributed by atoms with Gasteiger partial charge in [-0.15, -0.1) is 0 Å². The summed E-state index contributed by atoms with van der Waals surface area (Å²) in [6.07, 6.45) is 0.125. The maximum atomic E-state index is 13.1. The third-order valence-corrected chi connectivity index (χ3v) is 3.16. The van der Waals surface area contributed by atoms with Gasteiger partial charge in [-0.05, 0) is 29.5 Å². The van der Waals surface area contributed by atoms with Gasteiger partial charge in [-0.3, -0.25) is 4.79 Å². The van der Waals surface area contributed by atoms with Crippen LogP contribution in [0.5, 0.6) is 0 Å². The monoisotopic (exact) mass is 281 g/mol. The Bertz CT molecular complexity index is 488. The summed E-state index contributed by atoms with van der Waals surface area (Å²) in [5, 5.41) is 11.5. The SMILES string of the molecule is CC(C)[C@@H](NC(=O)C[C@@H](C)c1cccc(F)c1)C(=O)O. The van der Waals surface area contributed by atoms with Crippen LogP contribution in [0.25, 0.3) is 0 Å². The second-order valence-corrected chi connectivity index (χ2v) is 5.29. The third-order valence-electron chi connectivity index (χ3n) is 3.16. The number of aliphatic carboxylic acids is 1. The van der Waals surface area contributed by atoms with E-state index in [0.29, 0.717) is 0 Å². The molecule has 4 nitrogen and oxygen atoms in total. The molecule has 0 heterocycles. The van der Waals surface area contributed by atoms with Crippen molar-refractivity contribution < 1.29 is 19.1 Å². The predicted octanol–water partition coefficient (Wildman–Crippen LogP) is 2.54. The van der Waals surface area contributed by atoms with Crippen LogP contribution in [0.2, 0.25) is 0 Å². The number of carboxylic acid groups (broad SMARTS) is 1. The summed E-state index contributed by atoms with van der Waals surface area (Å²) >= 11 is 0. The molecule has 0 saturated carbocycles. The molecule has 0 unspecified atom stereocenters. The van der Waals surface area contributed by atoms with Crippen LogP contribution in [0.3, 0.4) is 0 Å². The van der Waals surface area contributed by atoms with Gasteiger partial charge in [0.2, 0.25) is 5.91 Å². The maximum absolute atomic E-state index is 13.1. The summed E-state index contributed by atoms with van der Waals surface area (Å²) in [6.45, 7) is 5.27. The van der Waals surface area contributed by atoms with Crippen molar-refractivity contribution in [2.24, 2.45) is 5.92 Å². The molecule has 1 amide bonds. The van der Waals surface area contributed by atoms with Crippen LogP contribution in [-0.2, 0) is 9.59 Å². The number of nitrogens with one attached hydrogen (secondary N) is 1. The van der Waals surface area contributed by atoms with Crippen LogP contribution in [0.1, 0.15) is 38.7 Å². The van der Waals surface area contributed by atoms with E-state index in [1.807, 2.05) is 0 Å². The van der Waals surface area contributed by atoms with E-state index in [1.165, 1.54) is 12.1 Å². The van der Waals surface area contributed by atoms with Crippen molar-refractivity contribution in [3.05, 3.63) is 35.6 Å². The first kappa shape index (κ1) is 16.1. The molecule has 0 aliphatic carbocycles. The highest BCUT2D eigenvalue weighted by Gasteiger charge is 2.24. The first-order valence-corrected chi connectivity index (χ1v) is 6.59. The normalized spacial score (nSPS) is 13.8. The number of benzene rings is 1. The molecule has 0 aliphatic rings. The Labute approximate surface area is 118 Å². The molecule has 0 radical (unpaired) electrons. The number of carbonyl (C=O) groups excluding carboxylic acids is 1. The molecule has 2 atom stereocenters. The Hall–Kier alpha value is -1.91. The average molecular weight is 281 g/mol. The van der Waals surface area contributed by atoms with Gasteiger partial charge in [0, 0.05) is 6.42 Å². The summed E-state index contributed by atoms with van der Waals surface area (Å²) in [5.41, 5.74) is 0.719. The first-order chi connectivity index (χ1) is 9.31. The maximum Gasteiger partial charge on any atom is 0.326 e. The van der Waals surface area contributed by atoms with Gasteiger partial charge in [-0.2, -0.15) is 0 Å². The zero-order valence-electron chi connectivity index (χ0n) is 11.9. The van der Waals surface area contributed by atoms with Gasteiger partial charge in [0.1, 0.15) is 11.9 Å². The fourth-order valence-electron chi connectivity index (χ4n) is 1.95. The van der Waals surface area contributed by atoms with Crippen molar-refractivity contribution in [1.82, 2.24) is 5.32 Å². The topological polar surface area (TPSA) is 66.4 Å². The van der Waals surface area contributed by atoms with Crippen molar-refractivity contribution in [3.63, 3.8) is 0 Å². The van der Waals surface area contributed by atoms with E-state index in [2.05, 4.69) is 5.32 Å². The van der Waals surface area contributed by atoms with Gasteiger partial charge in [-0.25, -0.2) is 9.18 Å². The smallest absolute Gasteiger partial charge is 0.326 e. The highest BCUT2D eigenvalue weighted by molar-refractivity contribution is 5.84. The molecular formula is C15H20FNO3. The minimum atomic E-state index is -1.05. The number of rotatable bonds is 6. The molecule has 1 rings (SSSR count). The van der Waals surface area contributed by atoms with Crippen molar-refractivity contribution in [1.29, 1.82) is 0 Å². The van der Waals surface area contributed by atoms with Crippen LogP contribution in [0.4, 0.5) is 4.39 Å². The van der Waals surface area contributed by atoms with Crippen molar-refractivity contribution >= 4 is 11.9 Å². The second-order valence-electron chi connectivity index (χ2n) is 5.29. The van der Waals surface area contributed by atoms with E-state index in [4.69, 9.17) is 5.11 Å². The lowest BCUT2D eigenvalue weighted by atomic mass is 9.96. The zero-order chi connectivity index (χ0) is 15.3. The molecule has 20 heavy (non-hydrogen) atoms. The summed E-state index contributed by atoms with van der Waals surface area (Å²) in [7, 11) is 0. The molecule has 0 bridgehead atoms. The van der Waals surface area contributed by atoms with Crippen LogP contribution in [0, 0.1) is 11.7 Å². The Morgan fingerprint density at radius 2 is 1.95 bits per heavy atom. The fraction of sp³-hybridized carbons (Fsp3) is 0.467. The molecule has 1 aromatic carbocycles. The van der Waals surface area contributed by atoms with Crippen molar-refractivity contribution in [3.8, 4) is 0 Å². The predicted molar refractivity (Wildman–Crippen MR) is 73.8 cm³/mol. The van der Waals surface area contributed by atoms with Crippen LogP contribution in [-0.4, -0.2) is 23.0 Å². The minimum Gasteiger partial charge on any atom is -0.480 e. The lowest BCUT2D eigenvalue weighted by Crippen LogP contribution is -2.44. The molecule has 1 aromatic rings. The van der Waals surface area contributed by atoms with E-state index in [0.717, 1.165) is 5.56 Å². The van der Waals surface area contributed by atoms with E-state index < -0.39 is 12.0 Å². The molecule has 2 N–H and O–H groups in total. The standard InChI is InChI=1S/C15H20FNO3/c1-9(2)14(15(19)20)17-13(18)7-10(3)11-5-4-6-12(16)8-11/h4-6,8-10,14H,7H2,1-3H3,(H,17,18)(H,19,20)/t10-,14-/m1/s1. The van der Waals surface area contributed by atoms with Crippen molar-refractivity contribution in [2.75, 3.05) is 0 Å². The Morgan fingerprint density at radius 3 is 2.45 bits per heavy atom. The number of carbonyl (C=O) groups is 2. The van der Waals surface area contributed by atoms with Crippen LogP contribution < -0.4 is 5.32 Å². The number of hydrogen-bond acceptors (Lipinski definition) is 2. The lowest BCUT2D eigenvalue weighted by Gasteiger charge is -2.19. The highest BCUT2D eigenvalue weighted by Crippen LogP contribution is 2.19. The first-order valence-electron chi connectivity index (χ1n) is 6.59. The highest BCUT2D eigenvalue weighted by atomic mass is 19.1. The van der Waals surface area contributed by atoms with Gasteiger partial charge >= 0.3 is 5.97 Å². The van der Waals surface area contributed by atoms with E-state index in [9.17, 15) is 14.0 Å². The van der Waals surface area contributed by atoms with E-state index >= 15 is 0 Å².